The van der Waals surface area contributed by atoms with Crippen LogP contribution in [0.4, 0.5) is 0 Å². The van der Waals surface area contributed by atoms with Gasteiger partial charge in [-0.15, -0.1) is 0 Å². The highest BCUT2D eigenvalue weighted by Crippen LogP contribution is 2.22. The van der Waals surface area contributed by atoms with E-state index in [0.29, 0.717) is 17.6 Å². The van der Waals surface area contributed by atoms with Gasteiger partial charge in [0.25, 0.3) is 0 Å². The molecule has 2 heteroatoms. The molecule has 1 aliphatic rings. The van der Waals surface area contributed by atoms with E-state index in [1.54, 1.807) is 0 Å². The SMILES string of the molecule is CC(C)COC1CN(C(C)(C)C)C1. The van der Waals surface area contributed by atoms with Gasteiger partial charge in [0.1, 0.15) is 0 Å². The number of ether oxygens (including phenoxy) is 1. The van der Waals surface area contributed by atoms with E-state index in [4.69, 9.17) is 4.74 Å². The van der Waals surface area contributed by atoms with Gasteiger partial charge in [-0.25, -0.2) is 0 Å². The molecule has 1 fully saturated rings. The van der Waals surface area contributed by atoms with Crippen LogP contribution >= 0.6 is 0 Å². The van der Waals surface area contributed by atoms with Gasteiger partial charge in [0.05, 0.1) is 6.10 Å². The highest BCUT2D eigenvalue weighted by Gasteiger charge is 2.34. The van der Waals surface area contributed by atoms with Crippen LogP contribution in [0.3, 0.4) is 0 Å². The van der Waals surface area contributed by atoms with E-state index < -0.39 is 0 Å². The number of hydrogen-bond donors (Lipinski definition) is 0. The second-order valence-electron chi connectivity index (χ2n) is 5.42. The molecule has 2 nitrogen and oxygen atoms in total. The maximum atomic E-state index is 5.72. The first kappa shape index (κ1) is 11.0. The molecule has 0 unspecified atom stereocenters. The van der Waals surface area contributed by atoms with Crippen LogP contribution in [0.5, 0.6) is 0 Å². The Morgan fingerprint density at radius 2 is 1.85 bits per heavy atom. The molecule has 1 saturated heterocycles. The molecule has 0 aromatic carbocycles. The van der Waals surface area contributed by atoms with E-state index in [1.165, 1.54) is 0 Å². The molecule has 0 radical (unpaired) electrons. The third-order valence-corrected chi connectivity index (χ3v) is 2.46. The Morgan fingerprint density at radius 1 is 1.31 bits per heavy atom. The largest absolute Gasteiger partial charge is 0.375 e. The summed E-state index contributed by atoms with van der Waals surface area (Å²) in [6.45, 7) is 14.3. The summed E-state index contributed by atoms with van der Waals surface area (Å²) in [6, 6.07) is 0. The lowest BCUT2D eigenvalue weighted by molar-refractivity contribution is -0.0945. The van der Waals surface area contributed by atoms with Gasteiger partial charge in [0.2, 0.25) is 0 Å². The molecule has 0 aliphatic carbocycles. The van der Waals surface area contributed by atoms with Crippen LogP contribution < -0.4 is 0 Å². The Balaban J connectivity index is 2.12. The average molecular weight is 185 g/mol. The zero-order valence-electron chi connectivity index (χ0n) is 9.63. The molecular formula is C11H23NO. The highest BCUT2D eigenvalue weighted by atomic mass is 16.5. The summed E-state index contributed by atoms with van der Waals surface area (Å²) < 4.78 is 5.72. The van der Waals surface area contributed by atoms with Gasteiger partial charge in [-0.1, -0.05) is 13.8 Å². The van der Waals surface area contributed by atoms with Crippen molar-refractivity contribution in [3.05, 3.63) is 0 Å². The average Bonchev–Trinajstić information content (AvgIpc) is 1.79. The van der Waals surface area contributed by atoms with E-state index in [2.05, 4.69) is 39.5 Å². The molecule has 0 atom stereocenters. The van der Waals surface area contributed by atoms with E-state index >= 15 is 0 Å². The summed E-state index contributed by atoms with van der Waals surface area (Å²) >= 11 is 0. The first-order valence-electron chi connectivity index (χ1n) is 5.26. The molecule has 0 N–H and O–H groups in total. The first-order chi connectivity index (χ1) is 5.89. The van der Waals surface area contributed by atoms with Gasteiger partial charge >= 0.3 is 0 Å². The van der Waals surface area contributed by atoms with Crippen molar-refractivity contribution in [2.45, 2.75) is 46.3 Å². The Labute approximate surface area is 82.3 Å². The van der Waals surface area contributed by atoms with Crippen molar-refractivity contribution >= 4 is 0 Å². The molecule has 0 bridgehead atoms. The summed E-state index contributed by atoms with van der Waals surface area (Å²) in [7, 11) is 0. The van der Waals surface area contributed by atoms with Crippen molar-refractivity contribution in [3.8, 4) is 0 Å². The molecule has 1 aliphatic heterocycles. The smallest absolute Gasteiger partial charge is 0.0829 e. The summed E-state index contributed by atoms with van der Waals surface area (Å²) in [5.74, 6) is 0.656. The van der Waals surface area contributed by atoms with Crippen LogP contribution in [0.25, 0.3) is 0 Å². The highest BCUT2D eigenvalue weighted by molar-refractivity contribution is 4.89. The number of nitrogens with zero attached hydrogens (tertiary/aromatic N) is 1. The number of likely N-dealkylation sites (tertiary alicyclic amines) is 1. The van der Waals surface area contributed by atoms with Gasteiger partial charge < -0.3 is 4.74 Å². The van der Waals surface area contributed by atoms with Crippen LogP contribution in [-0.4, -0.2) is 36.2 Å². The lowest BCUT2D eigenvalue weighted by Crippen LogP contribution is -2.59. The fourth-order valence-corrected chi connectivity index (χ4v) is 1.42. The second kappa shape index (κ2) is 3.97. The van der Waals surface area contributed by atoms with E-state index in [-0.39, 0.29) is 0 Å². The van der Waals surface area contributed by atoms with Crippen LogP contribution in [0.15, 0.2) is 0 Å². The summed E-state index contributed by atoms with van der Waals surface area (Å²) in [5.41, 5.74) is 0.317. The van der Waals surface area contributed by atoms with Gasteiger partial charge in [-0.05, 0) is 26.7 Å². The Bertz CT molecular complexity index is 154. The normalized spacial score (nSPS) is 20.8. The Hall–Kier alpha value is -0.0800. The van der Waals surface area contributed by atoms with E-state index in [1.807, 2.05) is 0 Å². The lowest BCUT2D eigenvalue weighted by atomic mass is 9.99. The molecule has 0 aromatic heterocycles. The number of hydrogen-bond acceptors (Lipinski definition) is 2. The number of rotatable bonds is 3. The standard InChI is InChI=1S/C11H23NO/c1-9(2)8-13-10-6-12(7-10)11(3,4)5/h9-10H,6-8H2,1-5H3. The zero-order chi connectivity index (χ0) is 10.1. The minimum atomic E-state index is 0.317. The fraction of sp³-hybridized carbons (Fsp3) is 1.00. The maximum Gasteiger partial charge on any atom is 0.0829 e. The van der Waals surface area contributed by atoms with Crippen LogP contribution in [-0.2, 0) is 4.74 Å². The Kier molecular flexibility index (Phi) is 3.36. The van der Waals surface area contributed by atoms with Gasteiger partial charge in [0.15, 0.2) is 0 Å². The molecular weight excluding hydrogens is 162 g/mol. The molecule has 0 spiro atoms. The van der Waals surface area contributed by atoms with Crippen LogP contribution in [0, 0.1) is 5.92 Å². The van der Waals surface area contributed by atoms with Crippen molar-refractivity contribution in [2.24, 2.45) is 5.92 Å². The summed E-state index contributed by atoms with van der Waals surface area (Å²) in [6.07, 6.45) is 0.488. The second-order valence-corrected chi connectivity index (χ2v) is 5.42. The predicted octanol–water partition coefficient (Wildman–Crippen LogP) is 2.14. The van der Waals surface area contributed by atoms with Crippen molar-refractivity contribution in [1.29, 1.82) is 0 Å². The maximum absolute atomic E-state index is 5.72. The van der Waals surface area contributed by atoms with E-state index in [0.717, 1.165) is 19.7 Å². The van der Waals surface area contributed by atoms with Gasteiger partial charge in [0, 0.05) is 25.2 Å². The fourth-order valence-electron chi connectivity index (χ4n) is 1.42. The molecule has 78 valence electrons. The minimum Gasteiger partial charge on any atom is -0.375 e. The molecule has 13 heavy (non-hydrogen) atoms. The molecule has 1 heterocycles. The van der Waals surface area contributed by atoms with Crippen molar-refractivity contribution in [1.82, 2.24) is 4.90 Å². The third-order valence-electron chi connectivity index (χ3n) is 2.46. The van der Waals surface area contributed by atoms with E-state index in [9.17, 15) is 0 Å². The molecule has 0 aromatic rings. The molecule has 0 amide bonds. The third kappa shape index (κ3) is 3.28. The van der Waals surface area contributed by atoms with Crippen LogP contribution in [0.1, 0.15) is 34.6 Å². The predicted molar refractivity (Wildman–Crippen MR) is 55.9 cm³/mol. The minimum absolute atomic E-state index is 0.317. The lowest BCUT2D eigenvalue weighted by Gasteiger charge is -2.47. The van der Waals surface area contributed by atoms with Crippen molar-refractivity contribution < 1.29 is 4.74 Å². The molecule has 1 rings (SSSR count). The zero-order valence-corrected chi connectivity index (χ0v) is 9.63. The first-order valence-corrected chi connectivity index (χ1v) is 5.26. The van der Waals surface area contributed by atoms with Crippen LogP contribution in [0.2, 0.25) is 0 Å². The summed E-state index contributed by atoms with van der Waals surface area (Å²) in [5, 5.41) is 0. The molecule has 0 saturated carbocycles. The van der Waals surface area contributed by atoms with Gasteiger partial charge in [-0.3, -0.25) is 4.90 Å². The van der Waals surface area contributed by atoms with Crippen molar-refractivity contribution in [2.75, 3.05) is 19.7 Å². The topological polar surface area (TPSA) is 12.5 Å². The van der Waals surface area contributed by atoms with Crippen molar-refractivity contribution in [3.63, 3.8) is 0 Å². The monoisotopic (exact) mass is 185 g/mol. The van der Waals surface area contributed by atoms with Gasteiger partial charge in [-0.2, -0.15) is 0 Å². The Morgan fingerprint density at radius 3 is 2.23 bits per heavy atom. The summed E-state index contributed by atoms with van der Waals surface area (Å²) in [4.78, 5) is 2.46. The quantitative estimate of drug-likeness (QED) is 0.668.